The maximum Gasteiger partial charge on any atom is 0.250 e. The van der Waals surface area contributed by atoms with Gasteiger partial charge in [0, 0.05) is 49.4 Å². The Labute approximate surface area is 150 Å². The molecule has 0 N–H and O–H groups in total. The highest BCUT2D eigenvalue weighted by molar-refractivity contribution is 5.76. The van der Waals surface area contributed by atoms with Crippen molar-refractivity contribution in [2.24, 2.45) is 5.92 Å². The number of nitrogens with zero attached hydrogens (tertiary/aromatic N) is 2. The van der Waals surface area contributed by atoms with Crippen molar-refractivity contribution in [2.45, 2.75) is 25.4 Å². The number of rotatable bonds is 2. The Morgan fingerprint density at radius 3 is 2.81 bits per heavy atom. The molecule has 0 radical (unpaired) electrons. The fourth-order valence-electron chi connectivity index (χ4n) is 4.59. The van der Waals surface area contributed by atoms with Crippen LogP contribution in [0.2, 0.25) is 0 Å². The summed E-state index contributed by atoms with van der Waals surface area (Å²) < 4.78 is 7.59. The lowest BCUT2D eigenvalue weighted by Gasteiger charge is -2.42. The summed E-state index contributed by atoms with van der Waals surface area (Å²) >= 11 is 0. The van der Waals surface area contributed by atoms with E-state index in [1.165, 1.54) is 0 Å². The molecule has 5 nitrogen and oxygen atoms in total. The molecule has 132 valence electrons. The minimum Gasteiger partial charge on any atom is -0.464 e. The van der Waals surface area contributed by atoms with Gasteiger partial charge in [-0.15, -0.1) is 0 Å². The van der Waals surface area contributed by atoms with Gasteiger partial charge in [-0.05, 0) is 30.5 Å². The number of hydrogen-bond donors (Lipinski definition) is 0. The number of likely N-dealkylation sites (tertiary alicyclic amines) is 1. The molecular formula is C21H20N2O3. The van der Waals surface area contributed by atoms with Crippen LogP contribution in [0.1, 0.15) is 23.6 Å². The number of benzene rings is 1. The quantitative estimate of drug-likeness (QED) is 0.714. The molecule has 0 saturated carbocycles. The summed E-state index contributed by atoms with van der Waals surface area (Å²) in [7, 11) is 0. The number of fused-ring (bicyclic) bond motifs is 5. The van der Waals surface area contributed by atoms with E-state index in [-0.39, 0.29) is 11.0 Å². The van der Waals surface area contributed by atoms with Crippen molar-refractivity contribution in [3.8, 4) is 0 Å². The molecule has 1 saturated heterocycles. The van der Waals surface area contributed by atoms with Gasteiger partial charge >= 0.3 is 0 Å². The first-order chi connectivity index (χ1) is 12.7. The van der Waals surface area contributed by atoms with Crippen LogP contribution in [-0.2, 0) is 13.1 Å². The highest BCUT2D eigenvalue weighted by Gasteiger charge is 2.34. The van der Waals surface area contributed by atoms with E-state index in [0.29, 0.717) is 34.9 Å². The van der Waals surface area contributed by atoms with E-state index in [1.54, 1.807) is 12.3 Å². The van der Waals surface area contributed by atoms with Crippen molar-refractivity contribution in [3.63, 3.8) is 0 Å². The lowest BCUT2D eigenvalue weighted by atomic mass is 9.83. The van der Waals surface area contributed by atoms with Crippen molar-refractivity contribution in [1.82, 2.24) is 9.47 Å². The molecule has 2 aromatic heterocycles. The summed E-state index contributed by atoms with van der Waals surface area (Å²) in [5.41, 5.74) is 2.61. The zero-order valence-electron chi connectivity index (χ0n) is 14.4. The maximum absolute atomic E-state index is 12.8. The molecule has 0 aliphatic carbocycles. The smallest absolute Gasteiger partial charge is 0.250 e. The zero-order chi connectivity index (χ0) is 17.7. The first kappa shape index (κ1) is 15.6. The third-order valence-electron chi connectivity index (χ3n) is 5.70. The summed E-state index contributed by atoms with van der Waals surface area (Å²) in [6, 6.07) is 12.9. The third kappa shape index (κ3) is 2.51. The van der Waals surface area contributed by atoms with Crippen LogP contribution >= 0.6 is 0 Å². The lowest BCUT2D eigenvalue weighted by Crippen LogP contribution is -2.47. The molecule has 5 rings (SSSR count). The van der Waals surface area contributed by atoms with Crippen molar-refractivity contribution in [2.75, 3.05) is 13.1 Å². The van der Waals surface area contributed by atoms with Crippen LogP contribution in [0.15, 0.2) is 62.7 Å². The fourth-order valence-corrected chi connectivity index (χ4v) is 4.59. The Kier molecular flexibility index (Phi) is 3.57. The zero-order valence-corrected chi connectivity index (χ0v) is 14.4. The van der Waals surface area contributed by atoms with Crippen molar-refractivity contribution < 1.29 is 4.42 Å². The average Bonchev–Trinajstić information content (AvgIpc) is 2.65. The van der Waals surface area contributed by atoms with E-state index in [9.17, 15) is 9.59 Å². The first-order valence-electron chi connectivity index (χ1n) is 9.10. The average molecular weight is 348 g/mol. The van der Waals surface area contributed by atoms with Crippen LogP contribution < -0.4 is 11.0 Å². The molecule has 2 aliphatic rings. The Morgan fingerprint density at radius 2 is 1.88 bits per heavy atom. The van der Waals surface area contributed by atoms with E-state index in [0.717, 1.165) is 31.7 Å². The molecule has 2 bridgehead atoms. The van der Waals surface area contributed by atoms with Gasteiger partial charge in [-0.2, -0.15) is 0 Å². The van der Waals surface area contributed by atoms with Crippen molar-refractivity contribution in [3.05, 3.63) is 80.6 Å². The van der Waals surface area contributed by atoms with Crippen LogP contribution in [0.4, 0.5) is 0 Å². The second-order valence-electron chi connectivity index (χ2n) is 7.48. The predicted octanol–water partition coefficient (Wildman–Crippen LogP) is 2.57. The van der Waals surface area contributed by atoms with Gasteiger partial charge in [-0.1, -0.05) is 18.2 Å². The Hall–Kier alpha value is -2.66. The lowest BCUT2D eigenvalue weighted by molar-refractivity contribution is 0.113. The molecule has 1 aromatic carbocycles. The largest absolute Gasteiger partial charge is 0.464 e. The van der Waals surface area contributed by atoms with Crippen LogP contribution in [0.5, 0.6) is 0 Å². The minimum atomic E-state index is 0.0548. The van der Waals surface area contributed by atoms with E-state index < -0.39 is 0 Å². The molecule has 2 aliphatic heterocycles. The Morgan fingerprint density at radius 1 is 1.00 bits per heavy atom. The highest BCUT2D eigenvalue weighted by atomic mass is 16.3. The second kappa shape index (κ2) is 5.95. The summed E-state index contributed by atoms with van der Waals surface area (Å²) in [6.45, 7) is 3.14. The molecule has 0 amide bonds. The van der Waals surface area contributed by atoms with Crippen molar-refractivity contribution in [1.29, 1.82) is 0 Å². The molecule has 26 heavy (non-hydrogen) atoms. The Balaban J connectivity index is 1.44. The molecule has 5 heteroatoms. The van der Waals surface area contributed by atoms with Gasteiger partial charge in [-0.25, -0.2) is 0 Å². The Bertz CT molecular complexity index is 1100. The first-order valence-corrected chi connectivity index (χ1v) is 9.10. The number of para-hydroxylation sites is 1. The molecule has 0 unspecified atom stereocenters. The van der Waals surface area contributed by atoms with Crippen LogP contribution in [0.3, 0.4) is 0 Å². The summed E-state index contributed by atoms with van der Waals surface area (Å²) in [4.78, 5) is 27.2. The molecule has 4 heterocycles. The molecule has 3 aromatic rings. The summed E-state index contributed by atoms with van der Waals surface area (Å²) in [5.74, 6) is 0.803. The molecule has 2 atom stereocenters. The van der Waals surface area contributed by atoms with Crippen molar-refractivity contribution >= 4 is 11.0 Å². The van der Waals surface area contributed by atoms with E-state index in [4.69, 9.17) is 4.42 Å². The summed E-state index contributed by atoms with van der Waals surface area (Å²) in [6.07, 6.45) is 2.72. The minimum absolute atomic E-state index is 0.0548. The van der Waals surface area contributed by atoms with Crippen LogP contribution in [0.25, 0.3) is 11.0 Å². The fraction of sp³-hybridized carbons (Fsp3) is 0.333. The monoisotopic (exact) mass is 348 g/mol. The predicted molar refractivity (Wildman–Crippen MR) is 99.3 cm³/mol. The van der Waals surface area contributed by atoms with Gasteiger partial charge in [0.05, 0.1) is 11.6 Å². The summed E-state index contributed by atoms with van der Waals surface area (Å²) in [5, 5.41) is 0.638. The molecule has 1 fully saturated rings. The van der Waals surface area contributed by atoms with E-state index >= 15 is 0 Å². The van der Waals surface area contributed by atoms with Crippen LogP contribution in [0, 0.1) is 5.92 Å². The SMILES string of the molecule is O=c1c(CN2C[C@H]3C[C@H](C2)c2cccc(=O)n2C3)coc2ccccc12. The number of aromatic nitrogens is 1. The number of hydrogen-bond acceptors (Lipinski definition) is 4. The van der Waals surface area contributed by atoms with Gasteiger partial charge in [0.25, 0.3) is 5.56 Å². The van der Waals surface area contributed by atoms with Gasteiger partial charge < -0.3 is 8.98 Å². The van der Waals surface area contributed by atoms with E-state index in [1.807, 2.05) is 34.9 Å². The van der Waals surface area contributed by atoms with Gasteiger partial charge in [0.1, 0.15) is 5.58 Å². The number of piperidine rings is 1. The van der Waals surface area contributed by atoms with Gasteiger partial charge in [0.2, 0.25) is 0 Å². The second-order valence-corrected chi connectivity index (χ2v) is 7.48. The van der Waals surface area contributed by atoms with Gasteiger partial charge in [-0.3, -0.25) is 14.5 Å². The topological polar surface area (TPSA) is 55.5 Å². The maximum atomic E-state index is 12.8. The normalized spacial score (nSPS) is 22.3. The molecule has 0 spiro atoms. The third-order valence-corrected chi connectivity index (χ3v) is 5.70. The van der Waals surface area contributed by atoms with Crippen LogP contribution in [-0.4, -0.2) is 22.6 Å². The number of pyridine rings is 1. The standard InChI is InChI=1S/C21H20N2O3/c24-20-7-3-5-18-15-8-14(10-23(18)20)9-22(11-15)12-16-13-26-19-6-2-1-4-17(19)21(16)25/h1-7,13-15H,8-12H2/t14-,15-/m1/s1. The van der Waals surface area contributed by atoms with E-state index in [2.05, 4.69) is 11.0 Å². The molecular weight excluding hydrogens is 328 g/mol. The van der Waals surface area contributed by atoms with Gasteiger partial charge in [0.15, 0.2) is 5.43 Å². The highest BCUT2D eigenvalue weighted by Crippen LogP contribution is 2.35.